The van der Waals surface area contributed by atoms with Gasteiger partial charge in [0, 0.05) is 37.5 Å². The average molecular weight is 246 g/mol. The number of aryl methyl sites for hydroxylation is 1. The van der Waals surface area contributed by atoms with E-state index in [9.17, 15) is 0 Å². The summed E-state index contributed by atoms with van der Waals surface area (Å²) in [5.74, 6) is 0. The van der Waals surface area contributed by atoms with Crippen molar-refractivity contribution in [3.63, 3.8) is 0 Å². The smallest absolute Gasteiger partial charge is 0.0613 e. The van der Waals surface area contributed by atoms with Crippen LogP contribution in [0.3, 0.4) is 0 Å². The topological polar surface area (TPSA) is 26.2 Å². The van der Waals surface area contributed by atoms with Crippen LogP contribution in [-0.2, 0) is 11.3 Å². The number of nitrogens with one attached hydrogen (secondary N) is 1. The maximum absolute atomic E-state index is 5.12. The van der Waals surface area contributed by atoms with Crippen LogP contribution in [0.5, 0.6) is 0 Å². The van der Waals surface area contributed by atoms with Crippen molar-refractivity contribution in [2.75, 3.05) is 20.3 Å². The van der Waals surface area contributed by atoms with Crippen LogP contribution in [0, 0.1) is 6.92 Å². The Hall–Kier alpha value is -1.32. The van der Waals surface area contributed by atoms with Gasteiger partial charge < -0.3 is 14.6 Å². The van der Waals surface area contributed by atoms with Gasteiger partial charge in [0.1, 0.15) is 0 Å². The molecule has 0 amide bonds. The van der Waals surface area contributed by atoms with Gasteiger partial charge in [-0.2, -0.15) is 0 Å². The van der Waals surface area contributed by atoms with E-state index >= 15 is 0 Å². The molecule has 2 rings (SSSR count). The lowest BCUT2D eigenvalue weighted by Gasteiger charge is -2.14. The van der Waals surface area contributed by atoms with Gasteiger partial charge in [0.25, 0.3) is 0 Å². The first-order valence-electron chi connectivity index (χ1n) is 6.49. The number of para-hydroxylation sites is 1. The molecule has 0 aliphatic carbocycles. The van der Waals surface area contributed by atoms with E-state index in [1.807, 2.05) is 0 Å². The number of methoxy groups -OCH3 is 1. The fourth-order valence-corrected chi connectivity index (χ4v) is 2.38. The monoisotopic (exact) mass is 246 g/mol. The molecule has 1 aromatic heterocycles. The molecular formula is C15H22N2O. The van der Waals surface area contributed by atoms with Crippen LogP contribution in [0.4, 0.5) is 0 Å². The highest BCUT2D eigenvalue weighted by atomic mass is 16.5. The van der Waals surface area contributed by atoms with Gasteiger partial charge in [0.15, 0.2) is 0 Å². The van der Waals surface area contributed by atoms with Gasteiger partial charge >= 0.3 is 0 Å². The predicted molar refractivity (Wildman–Crippen MR) is 76.0 cm³/mol. The normalized spacial score (nSPS) is 13.1. The first-order valence-corrected chi connectivity index (χ1v) is 6.49. The molecule has 0 fully saturated rings. The number of hydrogen-bond acceptors (Lipinski definition) is 2. The van der Waals surface area contributed by atoms with Crippen molar-refractivity contribution in [2.24, 2.45) is 0 Å². The Kier molecular flexibility index (Phi) is 4.39. The molecule has 3 nitrogen and oxygen atoms in total. The number of ether oxygens (including phenoxy) is 1. The van der Waals surface area contributed by atoms with E-state index in [-0.39, 0.29) is 0 Å². The average Bonchev–Trinajstić information content (AvgIpc) is 2.66. The Morgan fingerprint density at radius 1 is 1.33 bits per heavy atom. The number of rotatable bonds is 6. The van der Waals surface area contributed by atoms with Crippen LogP contribution >= 0.6 is 0 Å². The third-order valence-electron chi connectivity index (χ3n) is 3.26. The molecule has 1 atom stereocenters. The summed E-state index contributed by atoms with van der Waals surface area (Å²) in [4.78, 5) is 0. The lowest BCUT2D eigenvalue weighted by molar-refractivity contribution is 0.172. The molecule has 0 aliphatic heterocycles. The summed E-state index contributed by atoms with van der Waals surface area (Å²) < 4.78 is 7.48. The number of aromatic nitrogens is 1. The van der Waals surface area contributed by atoms with Gasteiger partial charge in [-0.3, -0.25) is 0 Å². The minimum atomic E-state index is 0.400. The molecule has 0 spiro atoms. The van der Waals surface area contributed by atoms with Crippen LogP contribution in [0.2, 0.25) is 0 Å². The van der Waals surface area contributed by atoms with Crippen LogP contribution in [0.1, 0.15) is 12.6 Å². The lowest BCUT2D eigenvalue weighted by atomic mass is 10.2. The molecule has 0 aliphatic rings. The quantitative estimate of drug-likeness (QED) is 0.848. The molecule has 2 aromatic rings. The Morgan fingerprint density at radius 3 is 2.89 bits per heavy atom. The number of fused-ring (bicyclic) bond motifs is 1. The number of benzene rings is 1. The Labute approximate surface area is 109 Å². The summed E-state index contributed by atoms with van der Waals surface area (Å²) in [6.07, 6.45) is 0. The van der Waals surface area contributed by atoms with Crippen molar-refractivity contribution in [3.8, 4) is 0 Å². The Bertz CT molecular complexity index is 504. The van der Waals surface area contributed by atoms with E-state index in [1.165, 1.54) is 16.6 Å². The van der Waals surface area contributed by atoms with E-state index in [0.717, 1.165) is 19.7 Å². The van der Waals surface area contributed by atoms with Gasteiger partial charge in [0.2, 0.25) is 0 Å². The van der Waals surface area contributed by atoms with E-state index in [1.54, 1.807) is 7.11 Å². The maximum atomic E-state index is 5.12. The summed E-state index contributed by atoms with van der Waals surface area (Å²) in [5, 5.41) is 4.79. The largest absolute Gasteiger partial charge is 0.383 e. The minimum Gasteiger partial charge on any atom is -0.383 e. The molecule has 0 bridgehead atoms. The zero-order chi connectivity index (χ0) is 13.0. The second-order valence-corrected chi connectivity index (χ2v) is 4.81. The summed E-state index contributed by atoms with van der Waals surface area (Å²) in [6.45, 7) is 7.02. The van der Waals surface area contributed by atoms with Crippen LogP contribution in [-0.4, -0.2) is 30.9 Å². The van der Waals surface area contributed by atoms with Crippen LogP contribution < -0.4 is 5.32 Å². The maximum Gasteiger partial charge on any atom is 0.0613 e. The molecule has 3 heteroatoms. The molecule has 1 aromatic carbocycles. The molecule has 1 N–H and O–H groups in total. The van der Waals surface area contributed by atoms with Crippen LogP contribution in [0.25, 0.3) is 10.9 Å². The number of hydrogen-bond donors (Lipinski definition) is 1. The highest BCUT2D eigenvalue weighted by Crippen LogP contribution is 2.18. The van der Waals surface area contributed by atoms with Gasteiger partial charge in [-0.05, 0) is 31.4 Å². The SMILES string of the molecule is COC[C@H](C)NCCn1c(C)cc2ccccc21. The summed E-state index contributed by atoms with van der Waals surface area (Å²) in [5.41, 5.74) is 2.63. The molecule has 18 heavy (non-hydrogen) atoms. The standard InChI is InChI=1S/C15H22N2O/c1-12(11-18-3)16-8-9-17-13(2)10-14-6-4-5-7-15(14)17/h4-7,10,12,16H,8-9,11H2,1-3H3/t12-/m0/s1. The Balaban J connectivity index is 2.01. The zero-order valence-electron chi connectivity index (χ0n) is 11.4. The fourth-order valence-electron chi connectivity index (χ4n) is 2.38. The third-order valence-corrected chi connectivity index (χ3v) is 3.26. The highest BCUT2D eigenvalue weighted by Gasteiger charge is 2.05. The van der Waals surface area contributed by atoms with E-state index in [2.05, 4.69) is 54.1 Å². The molecule has 98 valence electrons. The molecule has 0 saturated heterocycles. The second-order valence-electron chi connectivity index (χ2n) is 4.81. The van der Waals surface area contributed by atoms with Crippen molar-refractivity contribution in [1.29, 1.82) is 0 Å². The lowest BCUT2D eigenvalue weighted by Crippen LogP contribution is -2.32. The van der Waals surface area contributed by atoms with Crippen molar-refractivity contribution in [1.82, 2.24) is 9.88 Å². The van der Waals surface area contributed by atoms with E-state index < -0.39 is 0 Å². The molecular weight excluding hydrogens is 224 g/mol. The first-order chi connectivity index (χ1) is 8.72. The van der Waals surface area contributed by atoms with Crippen molar-refractivity contribution in [3.05, 3.63) is 36.0 Å². The second kappa shape index (κ2) is 6.03. The summed E-state index contributed by atoms with van der Waals surface area (Å²) in [7, 11) is 1.74. The van der Waals surface area contributed by atoms with Gasteiger partial charge in [-0.25, -0.2) is 0 Å². The Morgan fingerprint density at radius 2 is 2.11 bits per heavy atom. The molecule has 0 saturated carbocycles. The van der Waals surface area contributed by atoms with Gasteiger partial charge in [-0.15, -0.1) is 0 Å². The summed E-state index contributed by atoms with van der Waals surface area (Å²) in [6, 6.07) is 11.2. The predicted octanol–water partition coefficient (Wildman–Crippen LogP) is 2.57. The van der Waals surface area contributed by atoms with E-state index in [0.29, 0.717) is 6.04 Å². The molecule has 0 unspecified atom stereocenters. The van der Waals surface area contributed by atoms with Crippen molar-refractivity contribution in [2.45, 2.75) is 26.4 Å². The van der Waals surface area contributed by atoms with Gasteiger partial charge in [0.05, 0.1) is 6.61 Å². The van der Waals surface area contributed by atoms with Crippen molar-refractivity contribution < 1.29 is 4.74 Å². The number of nitrogens with zero attached hydrogens (tertiary/aromatic N) is 1. The molecule has 0 radical (unpaired) electrons. The first kappa shape index (κ1) is 13.1. The van der Waals surface area contributed by atoms with Crippen LogP contribution in [0.15, 0.2) is 30.3 Å². The minimum absolute atomic E-state index is 0.400. The summed E-state index contributed by atoms with van der Waals surface area (Å²) >= 11 is 0. The molecule has 1 heterocycles. The fraction of sp³-hybridized carbons (Fsp3) is 0.467. The third kappa shape index (κ3) is 2.92. The van der Waals surface area contributed by atoms with E-state index in [4.69, 9.17) is 4.74 Å². The van der Waals surface area contributed by atoms with Gasteiger partial charge in [-0.1, -0.05) is 18.2 Å². The zero-order valence-corrected chi connectivity index (χ0v) is 11.4. The van der Waals surface area contributed by atoms with Crippen molar-refractivity contribution >= 4 is 10.9 Å². The highest BCUT2D eigenvalue weighted by molar-refractivity contribution is 5.81.